The Kier molecular flexibility index (Phi) is 3.48. The first-order chi connectivity index (χ1) is 10.5. The monoisotopic (exact) mass is 298 g/mol. The highest BCUT2D eigenvalue weighted by molar-refractivity contribution is 6.37. The average molecular weight is 298 g/mol. The zero-order valence-electron chi connectivity index (χ0n) is 11.8. The smallest absolute Gasteiger partial charge is 0.303 e. The van der Waals surface area contributed by atoms with E-state index < -0.39 is 17.7 Å². The number of benzene rings is 1. The molecule has 0 amide bonds. The van der Waals surface area contributed by atoms with Crippen molar-refractivity contribution in [3.63, 3.8) is 0 Å². The molecule has 0 saturated carbocycles. The fourth-order valence-electron chi connectivity index (χ4n) is 3.15. The lowest BCUT2D eigenvalue weighted by Gasteiger charge is -2.28. The molecule has 0 spiro atoms. The first kappa shape index (κ1) is 14.4. The third kappa shape index (κ3) is 2.19. The molecule has 0 radical (unpaired) electrons. The molecule has 1 unspecified atom stereocenters. The van der Waals surface area contributed by atoms with Gasteiger partial charge in [-0.3, -0.25) is 19.2 Å². The predicted molar refractivity (Wildman–Crippen MR) is 76.7 cm³/mol. The maximum Gasteiger partial charge on any atom is 0.303 e. The van der Waals surface area contributed by atoms with Crippen LogP contribution in [0.4, 0.5) is 0 Å². The van der Waals surface area contributed by atoms with Gasteiger partial charge in [0.15, 0.2) is 17.3 Å². The van der Waals surface area contributed by atoms with Crippen LogP contribution in [0.1, 0.15) is 46.4 Å². The first-order valence-electron chi connectivity index (χ1n) is 7.18. The summed E-state index contributed by atoms with van der Waals surface area (Å²) < 4.78 is 0. The molecule has 1 aromatic carbocycles. The summed E-state index contributed by atoms with van der Waals surface area (Å²) in [4.78, 5) is 48.2. The van der Waals surface area contributed by atoms with Gasteiger partial charge in [0.05, 0.1) is 5.57 Å². The van der Waals surface area contributed by atoms with Crippen molar-refractivity contribution in [2.24, 2.45) is 5.92 Å². The molecule has 5 heteroatoms. The summed E-state index contributed by atoms with van der Waals surface area (Å²) in [5.41, 5.74) is 0.882. The van der Waals surface area contributed by atoms with E-state index in [9.17, 15) is 19.2 Å². The van der Waals surface area contributed by atoms with Gasteiger partial charge in [-0.15, -0.1) is 0 Å². The van der Waals surface area contributed by atoms with E-state index in [0.717, 1.165) is 0 Å². The Hall–Kier alpha value is -2.56. The van der Waals surface area contributed by atoms with Gasteiger partial charge >= 0.3 is 5.97 Å². The molecular weight excluding hydrogens is 284 g/mol. The predicted octanol–water partition coefficient (Wildman–Crippen LogP) is 2.21. The second-order valence-electron chi connectivity index (χ2n) is 5.59. The molecule has 5 nitrogen and oxygen atoms in total. The summed E-state index contributed by atoms with van der Waals surface area (Å²) in [6.45, 7) is 0. The molecule has 0 fully saturated rings. The van der Waals surface area contributed by atoms with E-state index in [-0.39, 0.29) is 35.5 Å². The molecular formula is C17H14O5. The number of carbonyl (C=O) groups excluding carboxylic acids is 3. The van der Waals surface area contributed by atoms with Gasteiger partial charge in [0.2, 0.25) is 0 Å². The van der Waals surface area contributed by atoms with Gasteiger partial charge < -0.3 is 5.11 Å². The molecule has 0 aromatic heterocycles. The molecule has 0 aliphatic heterocycles. The van der Waals surface area contributed by atoms with Crippen LogP contribution < -0.4 is 0 Å². The van der Waals surface area contributed by atoms with Crippen molar-refractivity contribution in [1.29, 1.82) is 0 Å². The number of aliphatic carboxylic acids is 1. The summed E-state index contributed by atoms with van der Waals surface area (Å²) in [6.07, 6.45) is 0.863. The number of ketones is 3. The third-order valence-corrected chi connectivity index (χ3v) is 4.29. The van der Waals surface area contributed by atoms with Crippen LogP contribution in [-0.2, 0) is 9.59 Å². The van der Waals surface area contributed by atoms with E-state index >= 15 is 0 Å². The largest absolute Gasteiger partial charge is 0.481 e. The minimum atomic E-state index is -0.969. The summed E-state index contributed by atoms with van der Waals surface area (Å²) in [5.74, 6) is -2.50. The standard InChI is InChI=1S/C17H14O5/c18-13(19)8-6-9-5-7-12-14(15(9)20)17(22)11-4-2-1-3-10(11)16(12)21/h1-4,9H,5-8H2,(H,18,19). The van der Waals surface area contributed by atoms with E-state index in [2.05, 4.69) is 0 Å². The van der Waals surface area contributed by atoms with Crippen molar-refractivity contribution in [3.05, 3.63) is 46.5 Å². The van der Waals surface area contributed by atoms with Crippen LogP contribution in [0.5, 0.6) is 0 Å². The first-order valence-corrected chi connectivity index (χ1v) is 7.18. The second-order valence-corrected chi connectivity index (χ2v) is 5.59. The highest BCUT2D eigenvalue weighted by Gasteiger charge is 2.40. The molecule has 1 atom stereocenters. The highest BCUT2D eigenvalue weighted by atomic mass is 16.4. The third-order valence-electron chi connectivity index (χ3n) is 4.29. The number of rotatable bonds is 3. The lowest BCUT2D eigenvalue weighted by atomic mass is 9.72. The number of hydrogen-bond donors (Lipinski definition) is 1. The SMILES string of the molecule is O=C(O)CCC1CCC2=C(C(=O)c3ccccc3C2=O)C1=O. The lowest BCUT2D eigenvalue weighted by Crippen LogP contribution is -2.34. The van der Waals surface area contributed by atoms with E-state index in [1.54, 1.807) is 24.3 Å². The Morgan fingerprint density at radius 2 is 1.73 bits per heavy atom. The van der Waals surface area contributed by atoms with Gasteiger partial charge in [-0.05, 0) is 19.3 Å². The Morgan fingerprint density at radius 3 is 2.36 bits per heavy atom. The molecule has 3 rings (SSSR count). The minimum Gasteiger partial charge on any atom is -0.481 e. The van der Waals surface area contributed by atoms with E-state index in [1.165, 1.54) is 0 Å². The summed E-state index contributed by atoms with van der Waals surface area (Å²) in [5, 5.41) is 8.74. The number of carboxylic acids is 1. The van der Waals surface area contributed by atoms with Crippen molar-refractivity contribution in [1.82, 2.24) is 0 Å². The van der Waals surface area contributed by atoms with E-state index in [4.69, 9.17) is 5.11 Å². The number of fused-ring (bicyclic) bond motifs is 1. The molecule has 0 heterocycles. The normalized spacial score (nSPS) is 20.7. The Labute approximate surface area is 126 Å². The Morgan fingerprint density at radius 1 is 1.09 bits per heavy atom. The fourth-order valence-corrected chi connectivity index (χ4v) is 3.15. The molecule has 0 saturated heterocycles. The minimum absolute atomic E-state index is 0.0228. The summed E-state index contributed by atoms with van der Waals surface area (Å²) >= 11 is 0. The van der Waals surface area contributed by atoms with E-state index in [1.807, 2.05) is 0 Å². The van der Waals surface area contributed by atoms with Gasteiger partial charge in [-0.25, -0.2) is 0 Å². The van der Waals surface area contributed by atoms with Crippen LogP contribution in [0.25, 0.3) is 0 Å². The number of Topliss-reactive ketones (excluding diaryl/α,β-unsaturated/α-hetero) is 3. The fraction of sp³-hybridized carbons (Fsp3) is 0.294. The van der Waals surface area contributed by atoms with Crippen LogP contribution in [-0.4, -0.2) is 28.4 Å². The van der Waals surface area contributed by atoms with Crippen LogP contribution in [0.15, 0.2) is 35.4 Å². The number of hydrogen-bond acceptors (Lipinski definition) is 4. The average Bonchev–Trinajstić information content (AvgIpc) is 2.51. The number of carboxylic acid groups (broad SMARTS) is 1. The van der Waals surface area contributed by atoms with Crippen LogP contribution in [0.3, 0.4) is 0 Å². The topological polar surface area (TPSA) is 88.5 Å². The van der Waals surface area contributed by atoms with Gasteiger partial charge in [-0.1, -0.05) is 24.3 Å². The van der Waals surface area contributed by atoms with Gasteiger partial charge in [0.1, 0.15) is 0 Å². The lowest BCUT2D eigenvalue weighted by molar-refractivity contribution is -0.137. The van der Waals surface area contributed by atoms with Crippen LogP contribution >= 0.6 is 0 Å². The summed E-state index contributed by atoms with van der Waals surface area (Å²) in [6, 6.07) is 6.49. The van der Waals surface area contributed by atoms with Gasteiger partial charge in [0, 0.05) is 29.0 Å². The van der Waals surface area contributed by atoms with E-state index in [0.29, 0.717) is 24.0 Å². The molecule has 1 aromatic rings. The molecule has 112 valence electrons. The maximum atomic E-state index is 12.5. The quantitative estimate of drug-likeness (QED) is 0.864. The van der Waals surface area contributed by atoms with Gasteiger partial charge in [-0.2, -0.15) is 0 Å². The highest BCUT2D eigenvalue weighted by Crippen LogP contribution is 2.37. The maximum absolute atomic E-state index is 12.5. The van der Waals surface area contributed by atoms with Crippen molar-refractivity contribution in [3.8, 4) is 0 Å². The molecule has 1 N–H and O–H groups in total. The Bertz CT molecular complexity index is 741. The second kappa shape index (κ2) is 5.33. The van der Waals surface area contributed by atoms with Crippen LogP contribution in [0, 0.1) is 5.92 Å². The zero-order chi connectivity index (χ0) is 15.9. The number of carbonyl (C=O) groups is 4. The van der Waals surface area contributed by atoms with Crippen LogP contribution in [0.2, 0.25) is 0 Å². The molecule has 22 heavy (non-hydrogen) atoms. The van der Waals surface area contributed by atoms with Gasteiger partial charge in [0.25, 0.3) is 0 Å². The zero-order valence-corrected chi connectivity index (χ0v) is 11.8. The molecule has 2 aliphatic carbocycles. The number of allylic oxidation sites excluding steroid dienone is 2. The summed E-state index contributed by atoms with van der Waals surface area (Å²) in [7, 11) is 0. The van der Waals surface area contributed by atoms with Crippen molar-refractivity contribution in [2.45, 2.75) is 25.7 Å². The molecule has 2 aliphatic rings. The van der Waals surface area contributed by atoms with Crippen molar-refractivity contribution < 1.29 is 24.3 Å². The Balaban J connectivity index is 1.98. The van der Waals surface area contributed by atoms with Crippen molar-refractivity contribution in [2.75, 3.05) is 0 Å². The molecule has 0 bridgehead atoms. The van der Waals surface area contributed by atoms with Crippen molar-refractivity contribution >= 4 is 23.3 Å².